The second-order valence-corrected chi connectivity index (χ2v) is 3.28. The van der Waals surface area contributed by atoms with Crippen molar-refractivity contribution in [3.8, 4) is 0 Å². The molecule has 1 saturated heterocycles. The van der Waals surface area contributed by atoms with Crippen LogP contribution < -0.4 is 16.4 Å². The Labute approximate surface area is 73.5 Å². The van der Waals surface area contributed by atoms with Gasteiger partial charge < -0.3 is 21.5 Å². The maximum Gasteiger partial charge on any atom is 0.0829 e. The van der Waals surface area contributed by atoms with Crippen LogP contribution in [0.15, 0.2) is 0 Å². The van der Waals surface area contributed by atoms with E-state index in [4.69, 9.17) is 5.73 Å². The van der Waals surface area contributed by atoms with Crippen molar-refractivity contribution in [2.45, 2.75) is 25.0 Å². The van der Waals surface area contributed by atoms with Crippen LogP contribution in [0.2, 0.25) is 0 Å². The largest absolute Gasteiger partial charge is 0.390 e. The summed E-state index contributed by atoms with van der Waals surface area (Å²) in [6.45, 7) is 3.31. The Kier molecular flexibility index (Phi) is 4.53. The first-order valence-corrected chi connectivity index (χ1v) is 4.67. The normalized spacial score (nSPS) is 29.5. The van der Waals surface area contributed by atoms with Gasteiger partial charge in [0.05, 0.1) is 6.10 Å². The molecule has 12 heavy (non-hydrogen) atoms. The van der Waals surface area contributed by atoms with Crippen LogP contribution in [0.5, 0.6) is 0 Å². The minimum Gasteiger partial charge on any atom is -0.390 e. The van der Waals surface area contributed by atoms with E-state index < -0.39 is 0 Å². The minimum absolute atomic E-state index is 0.220. The Morgan fingerprint density at radius 2 is 2.25 bits per heavy atom. The average Bonchev–Trinajstić information content (AvgIpc) is 2.46. The number of rotatable bonds is 5. The van der Waals surface area contributed by atoms with Crippen LogP contribution in [0.4, 0.5) is 0 Å². The number of unbranched alkanes of at least 4 members (excludes halogenated alkanes) is 1. The van der Waals surface area contributed by atoms with Gasteiger partial charge in [-0.05, 0) is 25.9 Å². The van der Waals surface area contributed by atoms with Gasteiger partial charge in [0.2, 0.25) is 0 Å². The first-order chi connectivity index (χ1) is 5.84. The number of nitrogens with two attached hydrogens (primary N) is 1. The first kappa shape index (κ1) is 9.92. The Morgan fingerprint density at radius 1 is 1.42 bits per heavy atom. The van der Waals surface area contributed by atoms with Gasteiger partial charge in [-0.2, -0.15) is 0 Å². The summed E-state index contributed by atoms with van der Waals surface area (Å²) in [6, 6.07) is 0.239. The number of nitrogens with one attached hydrogen (secondary N) is 2. The van der Waals surface area contributed by atoms with E-state index in [-0.39, 0.29) is 12.1 Å². The van der Waals surface area contributed by atoms with E-state index in [0.29, 0.717) is 6.54 Å². The quantitative estimate of drug-likeness (QED) is 0.388. The van der Waals surface area contributed by atoms with Crippen LogP contribution in [0.3, 0.4) is 0 Å². The van der Waals surface area contributed by atoms with E-state index in [2.05, 4.69) is 10.6 Å². The van der Waals surface area contributed by atoms with Crippen LogP contribution >= 0.6 is 0 Å². The molecule has 1 aliphatic rings. The highest BCUT2D eigenvalue weighted by Gasteiger charge is 2.23. The molecule has 0 aromatic heterocycles. The molecule has 1 fully saturated rings. The molecule has 0 bridgehead atoms. The van der Waals surface area contributed by atoms with Crippen molar-refractivity contribution in [1.82, 2.24) is 10.6 Å². The molecular weight excluding hydrogens is 154 g/mol. The molecule has 0 spiro atoms. The molecule has 0 aromatic rings. The molecule has 0 aromatic carbocycles. The van der Waals surface area contributed by atoms with Crippen LogP contribution in [0.1, 0.15) is 12.8 Å². The smallest absolute Gasteiger partial charge is 0.0829 e. The Hall–Kier alpha value is -0.160. The van der Waals surface area contributed by atoms with Crippen molar-refractivity contribution >= 4 is 0 Å². The third kappa shape index (κ3) is 3.06. The second kappa shape index (κ2) is 5.48. The zero-order valence-corrected chi connectivity index (χ0v) is 7.42. The molecule has 0 saturated carbocycles. The van der Waals surface area contributed by atoms with Gasteiger partial charge in [0, 0.05) is 19.1 Å². The van der Waals surface area contributed by atoms with E-state index >= 15 is 0 Å². The van der Waals surface area contributed by atoms with E-state index in [1.54, 1.807) is 0 Å². The lowest BCUT2D eigenvalue weighted by molar-refractivity contribution is 0.163. The predicted octanol–water partition coefficient (Wildman–Crippen LogP) is -1.35. The van der Waals surface area contributed by atoms with Crippen molar-refractivity contribution in [2.24, 2.45) is 5.73 Å². The van der Waals surface area contributed by atoms with Crippen LogP contribution in [-0.2, 0) is 0 Å². The third-order valence-electron chi connectivity index (χ3n) is 2.22. The fourth-order valence-electron chi connectivity index (χ4n) is 1.43. The lowest BCUT2D eigenvalue weighted by Crippen LogP contribution is -2.39. The monoisotopic (exact) mass is 173 g/mol. The van der Waals surface area contributed by atoms with Gasteiger partial charge in [-0.1, -0.05) is 0 Å². The number of aliphatic hydroxyl groups excluding tert-OH is 1. The molecule has 1 aliphatic heterocycles. The summed E-state index contributed by atoms with van der Waals surface area (Å²) in [5.74, 6) is 0. The van der Waals surface area contributed by atoms with E-state index in [9.17, 15) is 5.11 Å². The maximum atomic E-state index is 9.40. The number of hydrogen-bond acceptors (Lipinski definition) is 4. The van der Waals surface area contributed by atoms with Crippen molar-refractivity contribution < 1.29 is 5.11 Å². The van der Waals surface area contributed by atoms with Crippen LogP contribution in [0.25, 0.3) is 0 Å². The Balaban J connectivity index is 1.98. The standard InChI is InChI=1S/C8H19N3O/c9-3-1-2-4-11-7-5-10-6-8(7)12/h7-8,10-12H,1-6,9H2/t7-,8-/m1/s1. The third-order valence-corrected chi connectivity index (χ3v) is 2.22. The molecule has 0 unspecified atom stereocenters. The highest BCUT2D eigenvalue weighted by atomic mass is 16.3. The molecule has 0 amide bonds. The zero-order chi connectivity index (χ0) is 8.81. The minimum atomic E-state index is -0.220. The molecule has 72 valence electrons. The van der Waals surface area contributed by atoms with Gasteiger partial charge in [0.25, 0.3) is 0 Å². The molecular formula is C8H19N3O. The highest BCUT2D eigenvalue weighted by Crippen LogP contribution is 1.98. The molecule has 2 atom stereocenters. The fraction of sp³-hybridized carbons (Fsp3) is 1.00. The second-order valence-electron chi connectivity index (χ2n) is 3.28. The molecule has 1 heterocycles. The van der Waals surface area contributed by atoms with Gasteiger partial charge in [0.1, 0.15) is 0 Å². The molecule has 5 N–H and O–H groups in total. The van der Waals surface area contributed by atoms with Crippen molar-refractivity contribution in [3.05, 3.63) is 0 Å². The summed E-state index contributed by atoms with van der Waals surface area (Å²) in [6.07, 6.45) is 1.94. The predicted molar refractivity (Wildman–Crippen MR) is 49.0 cm³/mol. The molecule has 1 rings (SSSR count). The SMILES string of the molecule is NCCCCN[C@@H]1CNC[C@H]1O. The number of β-amino-alcohol motifs (C(OH)–C–C–N with tert-alkyl or cyclic N) is 1. The van der Waals surface area contributed by atoms with Crippen molar-refractivity contribution in [1.29, 1.82) is 0 Å². The van der Waals surface area contributed by atoms with E-state index in [1.165, 1.54) is 0 Å². The van der Waals surface area contributed by atoms with Crippen LogP contribution in [0, 0.1) is 0 Å². The lowest BCUT2D eigenvalue weighted by atomic mass is 10.2. The average molecular weight is 173 g/mol. The molecule has 4 heteroatoms. The van der Waals surface area contributed by atoms with Crippen molar-refractivity contribution in [3.63, 3.8) is 0 Å². The summed E-state index contributed by atoms with van der Waals surface area (Å²) >= 11 is 0. The van der Waals surface area contributed by atoms with Crippen molar-refractivity contribution in [2.75, 3.05) is 26.2 Å². The van der Waals surface area contributed by atoms with Crippen LogP contribution in [-0.4, -0.2) is 43.4 Å². The summed E-state index contributed by atoms with van der Waals surface area (Å²) in [4.78, 5) is 0. The Bertz CT molecular complexity index is 121. The van der Waals surface area contributed by atoms with Gasteiger partial charge in [-0.15, -0.1) is 0 Å². The summed E-state index contributed by atoms with van der Waals surface area (Å²) < 4.78 is 0. The van der Waals surface area contributed by atoms with Gasteiger partial charge in [-0.25, -0.2) is 0 Å². The van der Waals surface area contributed by atoms with Gasteiger partial charge in [-0.3, -0.25) is 0 Å². The summed E-state index contributed by atoms with van der Waals surface area (Å²) in [7, 11) is 0. The van der Waals surface area contributed by atoms with Gasteiger partial charge in [0.15, 0.2) is 0 Å². The summed E-state index contributed by atoms with van der Waals surface area (Å²) in [5.41, 5.74) is 5.36. The maximum absolute atomic E-state index is 9.40. The molecule has 0 aliphatic carbocycles. The Morgan fingerprint density at radius 3 is 2.83 bits per heavy atom. The van der Waals surface area contributed by atoms with E-state index in [1.807, 2.05) is 0 Å². The number of hydrogen-bond donors (Lipinski definition) is 4. The van der Waals surface area contributed by atoms with E-state index in [0.717, 1.165) is 32.5 Å². The fourth-order valence-corrected chi connectivity index (χ4v) is 1.43. The van der Waals surface area contributed by atoms with Gasteiger partial charge >= 0.3 is 0 Å². The highest BCUT2D eigenvalue weighted by molar-refractivity contribution is 4.85. The summed E-state index contributed by atoms with van der Waals surface area (Å²) in [5, 5.41) is 15.8. The molecule has 0 radical (unpaired) electrons. The lowest BCUT2D eigenvalue weighted by Gasteiger charge is -2.14. The topological polar surface area (TPSA) is 70.3 Å². The molecule has 4 nitrogen and oxygen atoms in total. The first-order valence-electron chi connectivity index (χ1n) is 4.67. The zero-order valence-electron chi connectivity index (χ0n) is 7.42. The number of aliphatic hydroxyl groups is 1.